The van der Waals surface area contributed by atoms with Crippen molar-refractivity contribution in [3.8, 4) is 5.75 Å². The van der Waals surface area contributed by atoms with E-state index in [9.17, 15) is 18.0 Å². The highest BCUT2D eigenvalue weighted by molar-refractivity contribution is 7.92. The van der Waals surface area contributed by atoms with Gasteiger partial charge in [-0.3, -0.25) is 14.3 Å². The fraction of sp³-hybridized carbons (Fsp3) is 0.333. The number of amides is 1. The van der Waals surface area contributed by atoms with Gasteiger partial charge in [0.25, 0.3) is 15.9 Å². The molecule has 2 aromatic rings. The summed E-state index contributed by atoms with van der Waals surface area (Å²) in [5.41, 5.74) is 0.574. The van der Waals surface area contributed by atoms with Crippen molar-refractivity contribution in [2.75, 3.05) is 25.0 Å². The van der Waals surface area contributed by atoms with Crippen molar-refractivity contribution in [1.82, 2.24) is 4.90 Å². The van der Waals surface area contributed by atoms with Gasteiger partial charge in [-0.15, -0.1) is 0 Å². The molecule has 0 saturated heterocycles. The summed E-state index contributed by atoms with van der Waals surface area (Å²) in [5.74, 6) is -0.501. The Morgan fingerprint density at radius 1 is 1.07 bits per heavy atom. The number of ether oxygens (including phenoxy) is 2. The minimum Gasteiger partial charge on any atom is -0.495 e. The van der Waals surface area contributed by atoms with Crippen molar-refractivity contribution in [2.45, 2.75) is 31.7 Å². The molecule has 1 amide bonds. The van der Waals surface area contributed by atoms with Gasteiger partial charge in [-0.2, -0.15) is 0 Å². The lowest BCUT2D eigenvalue weighted by Gasteiger charge is -2.25. The van der Waals surface area contributed by atoms with Crippen LogP contribution in [0.3, 0.4) is 0 Å². The van der Waals surface area contributed by atoms with Gasteiger partial charge in [0.15, 0.2) is 0 Å². The van der Waals surface area contributed by atoms with Crippen molar-refractivity contribution >= 4 is 27.6 Å². The second-order valence-electron chi connectivity index (χ2n) is 6.66. The second-order valence-corrected chi connectivity index (χ2v) is 8.34. The van der Waals surface area contributed by atoms with Crippen LogP contribution in [0.25, 0.3) is 0 Å². The Kier molecular flexibility index (Phi) is 7.82. The molecule has 0 aromatic heterocycles. The number of esters is 1. The summed E-state index contributed by atoms with van der Waals surface area (Å²) < 4.78 is 37.9. The number of hydrogen-bond acceptors (Lipinski definition) is 6. The molecule has 1 N–H and O–H groups in total. The van der Waals surface area contributed by atoms with E-state index in [0.29, 0.717) is 11.4 Å². The lowest BCUT2D eigenvalue weighted by Crippen LogP contribution is -2.41. The Hall–Kier alpha value is -3.07. The van der Waals surface area contributed by atoms with E-state index < -0.39 is 16.0 Å². The summed E-state index contributed by atoms with van der Waals surface area (Å²) in [4.78, 5) is 26.0. The van der Waals surface area contributed by atoms with Gasteiger partial charge >= 0.3 is 5.97 Å². The summed E-state index contributed by atoms with van der Waals surface area (Å²) in [7, 11) is -2.43. The number of methoxy groups -OCH3 is 1. The van der Waals surface area contributed by atoms with Crippen LogP contribution in [0, 0.1) is 0 Å². The molecule has 2 rings (SSSR count). The molecule has 0 saturated carbocycles. The largest absolute Gasteiger partial charge is 0.495 e. The highest BCUT2D eigenvalue weighted by atomic mass is 32.2. The lowest BCUT2D eigenvalue weighted by atomic mass is 10.1. The second kappa shape index (κ2) is 10.1. The van der Waals surface area contributed by atoms with E-state index in [1.807, 2.05) is 0 Å². The number of nitrogens with zero attached hydrogens (tertiary/aromatic N) is 1. The number of benzene rings is 2. The minimum atomic E-state index is -3.88. The number of nitrogens with one attached hydrogen (secondary N) is 1. The molecule has 0 unspecified atom stereocenters. The Morgan fingerprint density at radius 2 is 1.70 bits per heavy atom. The predicted octanol–water partition coefficient (Wildman–Crippen LogP) is 2.91. The topological polar surface area (TPSA) is 102 Å². The van der Waals surface area contributed by atoms with Gasteiger partial charge in [-0.05, 0) is 57.2 Å². The molecule has 30 heavy (non-hydrogen) atoms. The SMILES string of the molecule is CCOC(=O)CN(C(=O)c1ccc(S(=O)(=O)Nc2ccccc2OC)cc1)C(C)C. The van der Waals surface area contributed by atoms with Gasteiger partial charge in [-0.25, -0.2) is 8.42 Å². The van der Waals surface area contributed by atoms with Crippen LogP contribution in [0.5, 0.6) is 5.75 Å². The third-order valence-corrected chi connectivity index (χ3v) is 5.63. The Morgan fingerprint density at radius 3 is 2.27 bits per heavy atom. The first-order valence-electron chi connectivity index (χ1n) is 9.42. The van der Waals surface area contributed by atoms with E-state index in [2.05, 4.69) is 4.72 Å². The Balaban J connectivity index is 2.21. The van der Waals surface area contributed by atoms with E-state index in [4.69, 9.17) is 9.47 Å². The number of para-hydroxylation sites is 2. The van der Waals surface area contributed by atoms with E-state index in [0.717, 1.165) is 0 Å². The average Bonchev–Trinajstić information content (AvgIpc) is 2.72. The first-order chi connectivity index (χ1) is 14.2. The van der Waals surface area contributed by atoms with Crippen molar-refractivity contribution in [2.24, 2.45) is 0 Å². The van der Waals surface area contributed by atoms with Crippen LogP contribution in [0.1, 0.15) is 31.1 Å². The van der Waals surface area contributed by atoms with Crippen LogP contribution < -0.4 is 9.46 Å². The molecular formula is C21H26N2O6S. The average molecular weight is 435 g/mol. The molecule has 0 fully saturated rings. The molecule has 0 aliphatic heterocycles. The molecule has 2 aromatic carbocycles. The standard InChI is InChI=1S/C21H26N2O6S/c1-5-29-20(24)14-23(15(2)3)21(25)16-10-12-17(13-11-16)30(26,27)22-18-8-6-7-9-19(18)28-4/h6-13,15,22H,5,14H2,1-4H3. The third kappa shape index (κ3) is 5.73. The predicted molar refractivity (Wildman–Crippen MR) is 113 cm³/mol. The Labute approximate surface area is 176 Å². The van der Waals surface area contributed by atoms with Crippen molar-refractivity contribution in [3.05, 3.63) is 54.1 Å². The number of rotatable bonds is 9. The van der Waals surface area contributed by atoms with Crippen LogP contribution in [0.4, 0.5) is 5.69 Å². The zero-order valence-corrected chi connectivity index (χ0v) is 18.2. The van der Waals surface area contributed by atoms with Crippen LogP contribution in [-0.2, 0) is 19.6 Å². The molecule has 0 spiro atoms. The first-order valence-corrected chi connectivity index (χ1v) is 10.9. The molecule has 0 atom stereocenters. The van der Waals surface area contributed by atoms with E-state index in [1.54, 1.807) is 45.0 Å². The summed E-state index contributed by atoms with van der Waals surface area (Å²) in [6.45, 7) is 5.31. The van der Waals surface area contributed by atoms with Gasteiger partial charge < -0.3 is 14.4 Å². The summed E-state index contributed by atoms with van der Waals surface area (Å²) in [6, 6.07) is 11.9. The molecule has 0 heterocycles. The zero-order chi connectivity index (χ0) is 22.3. The van der Waals surface area contributed by atoms with Gasteiger partial charge in [0.05, 0.1) is 24.3 Å². The van der Waals surface area contributed by atoms with Crippen LogP contribution in [0.2, 0.25) is 0 Å². The van der Waals surface area contributed by atoms with Crippen molar-refractivity contribution < 1.29 is 27.5 Å². The monoisotopic (exact) mass is 434 g/mol. The van der Waals surface area contributed by atoms with E-state index in [-0.39, 0.29) is 35.6 Å². The van der Waals surface area contributed by atoms with Gasteiger partial charge in [-0.1, -0.05) is 12.1 Å². The number of hydrogen-bond donors (Lipinski definition) is 1. The third-order valence-electron chi connectivity index (χ3n) is 4.25. The van der Waals surface area contributed by atoms with E-state index in [1.165, 1.54) is 36.3 Å². The lowest BCUT2D eigenvalue weighted by molar-refractivity contribution is -0.144. The van der Waals surface area contributed by atoms with Crippen molar-refractivity contribution in [1.29, 1.82) is 0 Å². The Bertz CT molecular complexity index is 987. The van der Waals surface area contributed by atoms with Crippen LogP contribution >= 0.6 is 0 Å². The van der Waals surface area contributed by atoms with Gasteiger partial charge in [0, 0.05) is 11.6 Å². The molecule has 0 bridgehead atoms. The molecular weight excluding hydrogens is 408 g/mol. The highest BCUT2D eigenvalue weighted by Gasteiger charge is 2.23. The molecule has 0 aliphatic carbocycles. The maximum absolute atomic E-state index is 12.8. The summed E-state index contributed by atoms with van der Waals surface area (Å²) >= 11 is 0. The number of sulfonamides is 1. The number of carbonyl (C=O) groups is 2. The minimum absolute atomic E-state index is 0.00792. The zero-order valence-electron chi connectivity index (χ0n) is 17.4. The van der Waals surface area contributed by atoms with Gasteiger partial charge in [0.2, 0.25) is 0 Å². The fourth-order valence-electron chi connectivity index (χ4n) is 2.71. The smallest absolute Gasteiger partial charge is 0.325 e. The fourth-order valence-corrected chi connectivity index (χ4v) is 3.78. The quantitative estimate of drug-likeness (QED) is 0.609. The number of carbonyl (C=O) groups excluding carboxylic acids is 2. The van der Waals surface area contributed by atoms with Crippen LogP contribution in [0.15, 0.2) is 53.4 Å². The maximum atomic E-state index is 12.8. The molecule has 9 heteroatoms. The molecule has 0 radical (unpaired) electrons. The summed E-state index contributed by atoms with van der Waals surface area (Å²) in [6.07, 6.45) is 0. The van der Waals surface area contributed by atoms with Crippen LogP contribution in [-0.4, -0.2) is 51.5 Å². The normalized spacial score (nSPS) is 11.1. The first kappa shape index (κ1) is 23.2. The summed E-state index contributed by atoms with van der Waals surface area (Å²) in [5, 5.41) is 0. The molecule has 8 nitrogen and oxygen atoms in total. The van der Waals surface area contributed by atoms with E-state index >= 15 is 0 Å². The van der Waals surface area contributed by atoms with Gasteiger partial charge in [0.1, 0.15) is 12.3 Å². The highest BCUT2D eigenvalue weighted by Crippen LogP contribution is 2.26. The molecule has 0 aliphatic rings. The number of anilines is 1. The maximum Gasteiger partial charge on any atom is 0.325 e. The molecule has 162 valence electrons. The van der Waals surface area contributed by atoms with Crippen molar-refractivity contribution in [3.63, 3.8) is 0 Å².